The van der Waals surface area contributed by atoms with E-state index in [9.17, 15) is 9.59 Å². The van der Waals surface area contributed by atoms with Crippen molar-refractivity contribution in [2.45, 2.75) is 20.3 Å². The van der Waals surface area contributed by atoms with Crippen LogP contribution in [0.2, 0.25) is 0 Å². The van der Waals surface area contributed by atoms with Gasteiger partial charge in [0.2, 0.25) is 11.8 Å². The first-order valence-corrected chi connectivity index (χ1v) is 7.63. The van der Waals surface area contributed by atoms with Crippen molar-refractivity contribution < 1.29 is 9.59 Å². The molecule has 1 aliphatic rings. The van der Waals surface area contributed by atoms with Crippen LogP contribution in [-0.2, 0) is 9.59 Å². The first-order valence-electron chi connectivity index (χ1n) is 7.63. The number of pyridine rings is 1. The second kappa shape index (κ2) is 6.20. The summed E-state index contributed by atoms with van der Waals surface area (Å²) in [6.07, 6.45) is 3.48. The van der Waals surface area contributed by atoms with Gasteiger partial charge in [0.05, 0.1) is 17.8 Å². The molecule has 1 aliphatic heterocycles. The highest BCUT2D eigenvalue weighted by atomic mass is 16.2. The van der Waals surface area contributed by atoms with Crippen LogP contribution in [0.15, 0.2) is 42.7 Å². The van der Waals surface area contributed by atoms with Crippen molar-refractivity contribution in [3.63, 3.8) is 0 Å². The summed E-state index contributed by atoms with van der Waals surface area (Å²) >= 11 is 0. The summed E-state index contributed by atoms with van der Waals surface area (Å²) in [4.78, 5) is 30.4. The van der Waals surface area contributed by atoms with Gasteiger partial charge in [-0.3, -0.25) is 14.6 Å². The van der Waals surface area contributed by atoms with Crippen LogP contribution in [0.4, 0.5) is 11.4 Å². The molecule has 5 heteroatoms. The van der Waals surface area contributed by atoms with E-state index < -0.39 is 0 Å². The van der Waals surface area contributed by atoms with Gasteiger partial charge in [0.25, 0.3) is 0 Å². The van der Waals surface area contributed by atoms with Gasteiger partial charge in [0.15, 0.2) is 0 Å². The second-order valence-electron chi connectivity index (χ2n) is 5.86. The predicted molar refractivity (Wildman–Crippen MR) is 89.2 cm³/mol. The number of nitrogens with one attached hydrogen (secondary N) is 1. The molecule has 1 fully saturated rings. The van der Waals surface area contributed by atoms with E-state index in [4.69, 9.17) is 0 Å². The minimum absolute atomic E-state index is 0.00923. The maximum atomic E-state index is 12.4. The van der Waals surface area contributed by atoms with Gasteiger partial charge in [-0.05, 0) is 43.2 Å². The predicted octanol–water partition coefficient (Wildman–Crippen LogP) is 2.69. The zero-order valence-corrected chi connectivity index (χ0v) is 13.2. The molecule has 5 nitrogen and oxygen atoms in total. The number of anilines is 2. The van der Waals surface area contributed by atoms with Gasteiger partial charge in [-0.25, -0.2) is 0 Å². The number of carbonyl (C=O) groups excluding carboxylic acids is 2. The Morgan fingerprint density at radius 3 is 2.83 bits per heavy atom. The zero-order valence-electron chi connectivity index (χ0n) is 13.2. The molecule has 0 aliphatic carbocycles. The van der Waals surface area contributed by atoms with Crippen LogP contribution in [-0.4, -0.2) is 23.3 Å². The van der Waals surface area contributed by atoms with Gasteiger partial charge < -0.3 is 10.2 Å². The molecule has 1 N–H and O–H groups in total. The first-order chi connectivity index (χ1) is 11.1. The van der Waals surface area contributed by atoms with Crippen molar-refractivity contribution in [1.82, 2.24) is 4.98 Å². The zero-order chi connectivity index (χ0) is 16.4. The van der Waals surface area contributed by atoms with Crippen LogP contribution in [0.25, 0.3) is 0 Å². The van der Waals surface area contributed by atoms with Crippen molar-refractivity contribution >= 4 is 23.2 Å². The van der Waals surface area contributed by atoms with E-state index in [0.29, 0.717) is 12.2 Å². The molecule has 2 amide bonds. The summed E-state index contributed by atoms with van der Waals surface area (Å²) in [5.74, 6) is -0.494. The standard InChI is InChI=1S/C18H19N3O2/c1-12-5-3-7-16(13(12)2)21-11-14(9-17(21)22)18(23)20-15-6-4-8-19-10-15/h3-8,10,14H,9,11H2,1-2H3,(H,20,23)/t14-/m0/s1. The van der Waals surface area contributed by atoms with Crippen molar-refractivity contribution in [3.05, 3.63) is 53.9 Å². The third kappa shape index (κ3) is 3.08. The quantitative estimate of drug-likeness (QED) is 0.948. The molecule has 2 aromatic rings. The first kappa shape index (κ1) is 15.2. The van der Waals surface area contributed by atoms with Crippen LogP contribution in [0.3, 0.4) is 0 Å². The molecule has 0 radical (unpaired) electrons. The second-order valence-corrected chi connectivity index (χ2v) is 5.86. The van der Waals surface area contributed by atoms with Crippen molar-refractivity contribution in [1.29, 1.82) is 0 Å². The Hall–Kier alpha value is -2.69. The molecule has 0 unspecified atom stereocenters. The summed E-state index contributed by atoms with van der Waals surface area (Å²) in [6, 6.07) is 9.43. The summed E-state index contributed by atoms with van der Waals surface area (Å²) in [5, 5.41) is 2.82. The lowest BCUT2D eigenvalue weighted by Crippen LogP contribution is -2.28. The molecule has 1 aromatic carbocycles. The number of nitrogens with zero attached hydrogens (tertiary/aromatic N) is 2. The van der Waals surface area contributed by atoms with E-state index in [1.807, 2.05) is 32.0 Å². The van der Waals surface area contributed by atoms with E-state index in [2.05, 4.69) is 10.3 Å². The Labute approximate surface area is 135 Å². The molecule has 0 saturated carbocycles. The highest BCUT2D eigenvalue weighted by Gasteiger charge is 2.35. The smallest absolute Gasteiger partial charge is 0.229 e. The summed E-state index contributed by atoms with van der Waals surface area (Å²) < 4.78 is 0. The molecule has 0 spiro atoms. The Balaban J connectivity index is 1.75. The van der Waals surface area contributed by atoms with Crippen LogP contribution >= 0.6 is 0 Å². The Bertz CT molecular complexity index is 743. The van der Waals surface area contributed by atoms with Gasteiger partial charge in [0.1, 0.15) is 0 Å². The number of hydrogen-bond donors (Lipinski definition) is 1. The molecule has 1 aromatic heterocycles. The average Bonchev–Trinajstić information content (AvgIpc) is 2.93. The van der Waals surface area contributed by atoms with Crippen LogP contribution in [0, 0.1) is 19.8 Å². The van der Waals surface area contributed by atoms with Gasteiger partial charge in [-0.15, -0.1) is 0 Å². The lowest BCUT2D eigenvalue weighted by atomic mass is 10.1. The molecule has 1 atom stereocenters. The number of hydrogen-bond acceptors (Lipinski definition) is 3. The highest BCUT2D eigenvalue weighted by Crippen LogP contribution is 2.29. The topological polar surface area (TPSA) is 62.3 Å². The molecule has 0 bridgehead atoms. The van der Waals surface area contributed by atoms with Gasteiger partial charge in [-0.1, -0.05) is 12.1 Å². The van der Waals surface area contributed by atoms with E-state index >= 15 is 0 Å². The van der Waals surface area contributed by atoms with E-state index in [1.165, 1.54) is 0 Å². The van der Waals surface area contributed by atoms with Gasteiger partial charge in [0, 0.05) is 24.8 Å². The number of aromatic nitrogens is 1. The molecule has 2 heterocycles. The molecule has 23 heavy (non-hydrogen) atoms. The number of carbonyl (C=O) groups is 2. The normalized spacial score (nSPS) is 17.4. The Kier molecular flexibility index (Phi) is 4.10. The van der Waals surface area contributed by atoms with Crippen molar-refractivity contribution in [3.8, 4) is 0 Å². The fourth-order valence-electron chi connectivity index (χ4n) is 2.83. The lowest BCUT2D eigenvalue weighted by molar-refractivity contribution is -0.122. The summed E-state index contributed by atoms with van der Waals surface area (Å²) in [5.41, 5.74) is 3.76. The summed E-state index contributed by atoms with van der Waals surface area (Å²) in [6.45, 7) is 4.43. The number of benzene rings is 1. The molecule has 3 rings (SSSR count). The number of amides is 2. The van der Waals surface area contributed by atoms with Crippen LogP contribution in [0.1, 0.15) is 17.5 Å². The SMILES string of the molecule is Cc1cccc(N2C[C@@H](C(=O)Nc3cccnc3)CC2=O)c1C. The van der Waals surface area contributed by atoms with Crippen molar-refractivity contribution in [2.75, 3.05) is 16.8 Å². The van der Waals surface area contributed by atoms with E-state index in [1.54, 1.807) is 29.4 Å². The van der Waals surface area contributed by atoms with E-state index in [-0.39, 0.29) is 24.2 Å². The fraction of sp³-hybridized carbons (Fsp3) is 0.278. The van der Waals surface area contributed by atoms with Gasteiger partial charge in [-0.2, -0.15) is 0 Å². The van der Waals surface area contributed by atoms with Crippen LogP contribution < -0.4 is 10.2 Å². The summed E-state index contributed by atoms with van der Waals surface area (Å²) in [7, 11) is 0. The maximum absolute atomic E-state index is 12.4. The molecular weight excluding hydrogens is 290 g/mol. The van der Waals surface area contributed by atoms with Gasteiger partial charge >= 0.3 is 0 Å². The largest absolute Gasteiger partial charge is 0.324 e. The van der Waals surface area contributed by atoms with E-state index in [0.717, 1.165) is 16.8 Å². The molecular formula is C18H19N3O2. The number of rotatable bonds is 3. The Morgan fingerprint density at radius 1 is 1.26 bits per heavy atom. The lowest BCUT2D eigenvalue weighted by Gasteiger charge is -2.20. The fourth-order valence-corrected chi connectivity index (χ4v) is 2.83. The monoisotopic (exact) mass is 309 g/mol. The third-order valence-corrected chi connectivity index (χ3v) is 4.29. The number of aryl methyl sites for hydroxylation is 1. The maximum Gasteiger partial charge on any atom is 0.229 e. The average molecular weight is 309 g/mol. The van der Waals surface area contributed by atoms with Crippen molar-refractivity contribution in [2.24, 2.45) is 5.92 Å². The minimum Gasteiger partial charge on any atom is -0.324 e. The Morgan fingerprint density at radius 2 is 2.09 bits per heavy atom. The third-order valence-electron chi connectivity index (χ3n) is 4.29. The molecule has 118 valence electrons. The highest BCUT2D eigenvalue weighted by molar-refractivity contribution is 6.03. The molecule has 1 saturated heterocycles. The van der Waals surface area contributed by atoms with Crippen LogP contribution in [0.5, 0.6) is 0 Å². The minimum atomic E-state index is -0.345.